The maximum absolute atomic E-state index is 11.8. The summed E-state index contributed by atoms with van der Waals surface area (Å²) >= 11 is 0. The van der Waals surface area contributed by atoms with E-state index >= 15 is 0 Å². The lowest BCUT2D eigenvalue weighted by Crippen LogP contribution is -2.39. The van der Waals surface area contributed by atoms with Gasteiger partial charge in [0.2, 0.25) is 5.91 Å². The lowest BCUT2D eigenvalue weighted by Gasteiger charge is -2.18. The maximum atomic E-state index is 11.8. The van der Waals surface area contributed by atoms with Crippen LogP contribution in [0.25, 0.3) is 0 Å². The first-order valence-electron chi connectivity index (χ1n) is 7.32. The Kier molecular flexibility index (Phi) is 5.14. The minimum atomic E-state index is -0.258. The van der Waals surface area contributed by atoms with Gasteiger partial charge in [-0.15, -0.1) is 0 Å². The van der Waals surface area contributed by atoms with Crippen LogP contribution in [0.1, 0.15) is 42.6 Å². The van der Waals surface area contributed by atoms with Crippen LogP contribution in [-0.2, 0) is 9.59 Å². The molecule has 1 saturated heterocycles. The smallest absolute Gasteiger partial charge is 0.259 e. The van der Waals surface area contributed by atoms with E-state index in [1.54, 1.807) is 11.1 Å². The quantitative estimate of drug-likeness (QED) is 0.651. The van der Waals surface area contributed by atoms with Crippen LogP contribution in [0.5, 0.6) is 0 Å². The standard InChI is InChI=1S/C15H22N4O2/c1-11-8-13(12(2)17-11)9-16-18-14(20)10-19-7-5-3-4-6-15(19)21/h8-9,17H,3-7,10H2,1-2H3,(H,18,20)/b16-9+. The highest BCUT2D eigenvalue weighted by atomic mass is 16.2. The molecule has 2 N–H and O–H groups in total. The Balaban J connectivity index is 1.84. The summed E-state index contributed by atoms with van der Waals surface area (Å²) in [5.74, 6) is -0.199. The van der Waals surface area contributed by atoms with Crippen LogP contribution in [0, 0.1) is 13.8 Å². The molecule has 0 saturated carbocycles. The lowest BCUT2D eigenvalue weighted by atomic mass is 10.2. The van der Waals surface area contributed by atoms with Gasteiger partial charge in [-0.25, -0.2) is 5.43 Å². The largest absolute Gasteiger partial charge is 0.362 e. The van der Waals surface area contributed by atoms with E-state index in [4.69, 9.17) is 0 Å². The molecule has 2 rings (SSSR count). The van der Waals surface area contributed by atoms with Crippen molar-refractivity contribution in [1.82, 2.24) is 15.3 Å². The number of hydrogen-bond donors (Lipinski definition) is 2. The van der Waals surface area contributed by atoms with Crippen molar-refractivity contribution in [1.29, 1.82) is 0 Å². The Bertz CT molecular complexity index is 548. The molecule has 1 fully saturated rings. The number of carbonyl (C=O) groups is 2. The van der Waals surface area contributed by atoms with Crippen LogP contribution < -0.4 is 5.43 Å². The average Bonchev–Trinajstić information content (AvgIpc) is 2.61. The highest BCUT2D eigenvalue weighted by Gasteiger charge is 2.18. The van der Waals surface area contributed by atoms with Crippen LogP contribution in [0.4, 0.5) is 0 Å². The Morgan fingerprint density at radius 1 is 1.43 bits per heavy atom. The molecule has 0 spiro atoms. The van der Waals surface area contributed by atoms with E-state index in [0.29, 0.717) is 13.0 Å². The maximum Gasteiger partial charge on any atom is 0.259 e. The third-order valence-corrected chi connectivity index (χ3v) is 3.59. The molecule has 6 heteroatoms. The summed E-state index contributed by atoms with van der Waals surface area (Å²) in [5.41, 5.74) is 5.48. The van der Waals surface area contributed by atoms with Gasteiger partial charge in [-0.2, -0.15) is 5.10 Å². The van der Waals surface area contributed by atoms with Gasteiger partial charge in [0.15, 0.2) is 0 Å². The summed E-state index contributed by atoms with van der Waals surface area (Å²) < 4.78 is 0. The number of aromatic nitrogens is 1. The zero-order chi connectivity index (χ0) is 15.2. The molecule has 1 aliphatic rings. The molecule has 0 unspecified atom stereocenters. The van der Waals surface area contributed by atoms with Crippen molar-refractivity contribution in [2.75, 3.05) is 13.1 Å². The van der Waals surface area contributed by atoms with Crippen molar-refractivity contribution < 1.29 is 9.59 Å². The summed E-state index contributed by atoms with van der Waals surface area (Å²) in [6.45, 7) is 4.66. The minimum Gasteiger partial charge on any atom is -0.362 e. The highest BCUT2D eigenvalue weighted by molar-refractivity contribution is 5.86. The summed E-state index contributed by atoms with van der Waals surface area (Å²) in [6.07, 6.45) is 5.08. The SMILES string of the molecule is Cc1cc(/C=N/NC(=O)CN2CCCCCC2=O)c(C)[nH]1. The van der Waals surface area contributed by atoms with Crippen molar-refractivity contribution >= 4 is 18.0 Å². The van der Waals surface area contributed by atoms with E-state index in [2.05, 4.69) is 15.5 Å². The topological polar surface area (TPSA) is 77.6 Å². The minimum absolute atomic E-state index is 0.0590. The Morgan fingerprint density at radius 3 is 2.95 bits per heavy atom. The van der Waals surface area contributed by atoms with Crippen molar-refractivity contribution in [3.8, 4) is 0 Å². The monoisotopic (exact) mass is 290 g/mol. The Hall–Kier alpha value is -2.11. The molecule has 6 nitrogen and oxygen atoms in total. The zero-order valence-electron chi connectivity index (χ0n) is 12.6. The second kappa shape index (κ2) is 7.06. The van der Waals surface area contributed by atoms with Crippen molar-refractivity contribution in [2.24, 2.45) is 5.10 Å². The van der Waals surface area contributed by atoms with E-state index in [0.717, 1.165) is 36.2 Å². The van der Waals surface area contributed by atoms with Crippen molar-refractivity contribution in [2.45, 2.75) is 39.5 Å². The number of nitrogens with zero attached hydrogens (tertiary/aromatic N) is 2. The van der Waals surface area contributed by atoms with E-state index in [9.17, 15) is 9.59 Å². The number of amides is 2. The number of hydrogen-bond acceptors (Lipinski definition) is 3. The van der Waals surface area contributed by atoms with E-state index < -0.39 is 0 Å². The molecule has 0 bridgehead atoms. The highest BCUT2D eigenvalue weighted by Crippen LogP contribution is 2.10. The molecule has 0 aliphatic carbocycles. The average molecular weight is 290 g/mol. The molecule has 114 valence electrons. The summed E-state index contributed by atoms with van der Waals surface area (Å²) in [4.78, 5) is 28.4. The van der Waals surface area contributed by atoms with Gasteiger partial charge in [0.25, 0.3) is 5.91 Å². The van der Waals surface area contributed by atoms with Gasteiger partial charge >= 0.3 is 0 Å². The summed E-state index contributed by atoms with van der Waals surface area (Å²) in [7, 11) is 0. The molecule has 0 aromatic carbocycles. The van der Waals surface area contributed by atoms with Crippen molar-refractivity contribution in [3.05, 3.63) is 23.0 Å². The molecule has 1 aromatic heterocycles. The number of aryl methyl sites for hydroxylation is 2. The van der Waals surface area contributed by atoms with Crippen LogP contribution in [0.15, 0.2) is 11.2 Å². The predicted molar refractivity (Wildman–Crippen MR) is 81.1 cm³/mol. The molecule has 2 heterocycles. The second-order valence-corrected chi connectivity index (χ2v) is 5.45. The Morgan fingerprint density at radius 2 is 2.24 bits per heavy atom. The second-order valence-electron chi connectivity index (χ2n) is 5.45. The van der Waals surface area contributed by atoms with Gasteiger partial charge in [0.05, 0.1) is 6.21 Å². The van der Waals surface area contributed by atoms with Gasteiger partial charge in [0, 0.05) is 29.9 Å². The number of aromatic amines is 1. The van der Waals surface area contributed by atoms with E-state index in [1.807, 2.05) is 19.9 Å². The lowest BCUT2D eigenvalue weighted by molar-refractivity contribution is -0.135. The fourth-order valence-corrected chi connectivity index (χ4v) is 2.47. The van der Waals surface area contributed by atoms with Gasteiger partial charge in [-0.1, -0.05) is 6.42 Å². The summed E-state index contributed by atoms with van der Waals surface area (Å²) in [5, 5.41) is 3.95. The molecular weight excluding hydrogens is 268 g/mol. The molecule has 1 aliphatic heterocycles. The third kappa shape index (κ3) is 4.44. The molecular formula is C15H22N4O2. The molecule has 0 atom stereocenters. The normalized spacial score (nSPS) is 16.3. The Labute approximate surface area is 124 Å². The van der Waals surface area contributed by atoms with Crippen LogP contribution in [-0.4, -0.2) is 41.0 Å². The first kappa shape index (κ1) is 15.3. The molecule has 2 amide bonds. The van der Waals surface area contributed by atoms with Gasteiger partial charge in [0.1, 0.15) is 6.54 Å². The molecule has 1 aromatic rings. The number of hydrazone groups is 1. The first-order chi connectivity index (χ1) is 10.1. The van der Waals surface area contributed by atoms with Crippen LogP contribution in [0.3, 0.4) is 0 Å². The van der Waals surface area contributed by atoms with E-state index in [1.165, 1.54) is 0 Å². The van der Waals surface area contributed by atoms with Gasteiger partial charge in [-0.05, 0) is 32.8 Å². The number of rotatable bonds is 4. The number of nitrogens with one attached hydrogen (secondary N) is 2. The number of likely N-dealkylation sites (tertiary alicyclic amines) is 1. The van der Waals surface area contributed by atoms with Crippen LogP contribution >= 0.6 is 0 Å². The summed E-state index contributed by atoms with van der Waals surface area (Å²) in [6, 6.07) is 1.96. The fraction of sp³-hybridized carbons (Fsp3) is 0.533. The fourth-order valence-electron chi connectivity index (χ4n) is 2.47. The van der Waals surface area contributed by atoms with Gasteiger partial charge in [-0.3, -0.25) is 9.59 Å². The van der Waals surface area contributed by atoms with Crippen LogP contribution in [0.2, 0.25) is 0 Å². The van der Waals surface area contributed by atoms with E-state index in [-0.39, 0.29) is 18.4 Å². The number of carbonyl (C=O) groups excluding carboxylic acids is 2. The first-order valence-corrected chi connectivity index (χ1v) is 7.32. The third-order valence-electron chi connectivity index (χ3n) is 3.59. The number of H-pyrrole nitrogens is 1. The van der Waals surface area contributed by atoms with Crippen molar-refractivity contribution in [3.63, 3.8) is 0 Å². The molecule has 21 heavy (non-hydrogen) atoms. The zero-order valence-corrected chi connectivity index (χ0v) is 12.6. The molecule has 0 radical (unpaired) electrons. The van der Waals surface area contributed by atoms with Gasteiger partial charge < -0.3 is 9.88 Å². The predicted octanol–water partition coefficient (Wildman–Crippen LogP) is 1.48.